The summed E-state index contributed by atoms with van der Waals surface area (Å²) in [5.74, 6) is 0.283. The molecule has 0 saturated heterocycles. The van der Waals surface area contributed by atoms with Crippen LogP contribution in [0.25, 0.3) is 5.53 Å². The molecule has 2 heteroatoms. The summed E-state index contributed by atoms with van der Waals surface area (Å²) in [5, 5.41) is 0. The lowest BCUT2D eigenvalue weighted by atomic mass is 9.90. The first kappa shape index (κ1) is 10.6. The molecule has 0 saturated carbocycles. The summed E-state index contributed by atoms with van der Waals surface area (Å²) in [4.78, 5) is 3.24. The molecule has 1 aromatic rings. The zero-order valence-electron chi connectivity index (χ0n) is 9.51. The van der Waals surface area contributed by atoms with Crippen LogP contribution < -0.4 is 0 Å². The van der Waals surface area contributed by atoms with Crippen LogP contribution in [0.1, 0.15) is 24.0 Å². The molecule has 2 nitrogen and oxygen atoms in total. The van der Waals surface area contributed by atoms with Crippen LogP contribution in [0.2, 0.25) is 0 Å². The highest BCUT2D eigenvalue weighted by Gasteiger charge is 2.16. The lowest BCUT2D eigenvalue weighted by Crippen LogP contribution is -2.06. The summed E-state index contributed by atoms with van der Waals surface area (Å²) in [6.45, 7) is 4.05. The Bertz CT molecular complexity index is 517. The Morgan fingerprint density at radius 1 is 1.25 bits per heavy atom. The number of allylic oxidation sites excluding steroid dienone is 4. The van der Waals surface area contributed by atoms with Crippen molar-refractivity contribution < 1.29 is 4.79 Å². The molecular formula is C14H14N2. The van der Waals surface area contributed by atoms with Crippen molar-refractivity contribution in [2.75, 3.05) is 0 Å². The van der Waals surface area contributed by atoms with Crippen molar-refractivity contribution in [2.45, 2.75) is 19.8 Å². The van der Waals surface area contributed by atoms with Crippen LogP contribution in [0.4, 0.5) is 0 Å². The van der Waals surface area contributed by atoms with Gasteiger partial charge in [-0.25, -0.2) is 0 Å². The fourth-order valence-corrected chi connectivity index (χ4v) is 1.93. The Morgan fingerprint density at radius 2 is 2.06 bits per heavy atom. The highest BCUT2D eigenvalue weighted by molar-refractivity contribution is 6.05. The summed E-state index contributed by atoms with van der Waals surface area (Å²) < 4.78 is 0. The van der Waals surface area contributed by atoms with Gasteiger partial charge in [0, 0.05) is 17.6 Å². The van der Waals surface area contributed by atoms with Crippen LogP contribution in [0.15, 0.2) is 48.1 Å². The molecule has 0 heterocycles. The van der Waals surface area contributed by atoms with E-state index in [1.54, 1.807) is 0 Å². The van der Waals surface area contributed by atoms with Crippen LogP contribution in [-0.4, -0.2) is 10.5 Å². The molecule has 0 N–H and O–H groups in total. The van der Waals surface area contributed by atoms with E-state index in [4.69, 9.17) is 5.53 Å². The maximum absolute atomic E-state index is 8.76. The van der Waals surface area contributed by atoms with E-state index in [0.717, 1.165) is 5.57 Å². The summed E-state index contributed by atoms with van der Waals surface area (Å²) in [7, 11) is 0. The van der Waals surface area contributed by atoms with Crippen molar-refractivity contribution in [1.29, 1.82) is 0 Å². The first-order valence-corrected chi connectivity index (χ1v) is 5.36. The van der Waals surface area contributed by atoms with Gasteiger partial charge in [0.05, 0.1) is 0 Å². The molecule has 0 aromatic heterocycles. The molecule has 80 valence electrons. The van der Waals surface area contributed by atoms with Crippen molar-refractivity contribution in [2.24, 2.45) is 0 Å². The largest absolute Gasteiger partial charge is 0.361 e. The number of hydrogen-bond acceptors (Lipinski definition) is 0. The Labute approximate surface area is 95.5 Å². The zero-order valence-corrected chi connectivity index (χ0v) is 9.51. The molecule has 16 heavy (non-hydrogen) atoms. The Morgan fingerprint density at radius 3 is 2.69 bits per heavy atom. The monoisotopic (exact) mass is 210 g/mol. The Balaban J connectivity index is 2.36. The highest BCUT2D eigenvalue weighted by Crippen LogP contribution is 2.24. The van der Waals surface area contributed by atoms with Crippen molar-refractivity contribution in [3.8, 4) is 0 Å². The molecule has 0 amide bonds. The topological polar surface area (TPSA) is 36.4 Å². The first-order chi connectivity index (χ1) is 7.70. The van der Waals surface area contributed by atoms with Gasteiger partial charge in [-0.15, -0.1) is 0 Å². The number of aryl methyl sites for hydroxylation is 1. The van der Waals surface area contributed by atoms with Crippen LogP contribution in [0.3, 0.4) is 0 Å². The fourth-order valence-electron chi connectivity index (χ4n) is 1.93. The Hall–Kier alpha value is -1.92. The van der Waals surface area contributed by atoms with Gasteiger partial charge in [-0.05, 0) is 19.4 Å². The van der Waals surface area contributed by atoms with Gasteiger partial charge in [-0.3, -0.25) is 0 Å². The quantitative estimate of drug-likeness (QED) is 0.504. The maximum atomic E-state index is 8.76. The molecule has 0 aliphatic heterocycles. The average molecular weight is 210 g/mol. The van der Waals surface area contributed by atoms with Gasteiger partial charge in [0.25, 0.3) is 0 Å². The van der Waals surface area contributed by atoms with Crippen molar-refractivity contribution in [3.05, 3.63) is 64.7 Å². The second kappa shape index (κ2) is 4.30. The third-order valence-electron chi connectivity index (χ3n) is 2.83. The second-order valence-corrected chi connectivity index (χ2v) is 4.13. The zero-order chi connectivity index (χ0) is 11.5. The summed E-state index contributed by atoms with van der Waals surface area (Å²) in [6, 6.07) is 8.46. The molecule has 0 bridgehead atoms. The predicted molar refractivity (Wildman–Crippen MR) is 65.4 cm³/mol. The van der Waals surface area contributed by atoms with Gasteiger partial charge in [0.1, 0.15) is 0 Å². The minimum Gasteiger partial charge on any atom is -0.361 e. The molecule has 1 aromatic carbocycles. The molecule has 0 spiro atoms. The van der Waals surface area contributed by atoms with E-state index in [-0.39, 0.29) is 5.92 Å². The lowest BCUT2D eigenvalue weighted by Gasteiger charge is -2.12. The molecule has 0 radical (unpaired) electrons. The van der Waals surface area contributed by atoms with Crippen LogP contribution in [0, 0.1) is 6.92 Å². The van der Waals surface area contributed by atoms with E-state index in [1.165, 1.54) is 11.1 Å². The van der Waals surface area contributed by atoms with Gasteiger partial charge in [-0.1, -0.05) is 42.0 Å². The molecule has 2 rings (SSSR count). The fraction of sp³-hybridized carbons (Fsp3) is 0.214. The third kappa shape index (κ3) is 2.02. The number of benzene rings is 1. The van der Waals surface area contributed by atoms with Gasteiger partial charge in [0.15, 0.2) is 0 Å². The first-order valence-electron chi connectivity index (χ1n) is 5.36. The van der Waals surface area contributed by atoms with Gasteiger partial charge < -0.3 is 5.53 Å². The Kier molecular flexibility index (Phi) is 2.84. The van der Waals surface area contributed by atoms with E-state index in [9.17, 15) is 0 Å². The SMILES string of the molecule is CC1=CC(c2cccc(C)c2)C=CC1=[N+]=[N-]. The van der Waals surface area contributed by atoms with Gasteiger partial charge >= 0.3 is 5.71 Å². The van der Waals surface area contributed by atoms with Crippen LogP contribution in [-0.2, 0) is 0 Å². The van der Waals surface area contributed by atoms with Crippen molar-refractivity contribution in [3.63, 3.8) is 0 Å². The highest BCUT2D eigenvalue weighted by atomic mass is 14.9. The average Bonchev–Trinajstić information content (AvgIpc) is 2.29. The van der Waals surface area contributed by atoms with Crippen molar-refractivity contribution in [1.82, 2.24) is 0 Å². The van der Waals surface area contributed by atoms with Crippen molar-refractivity contribution >= 4 is 5.71 Å². The molecule has 1 aliphatic rings. The van der Waals surface area contributed by atoms with E-state index >= 15 is 0 Å². The maximum Gasteiger partial charge on any atom is 0.317 e. The normalized spacial score (nSPS) is 19.2. The summed E-state index contributed by atoms with van der Waals surface area (Å²) in [6.07, 6.45) is 6.03. The predicted octanol–water partition coefficient (Wildman–Crippen LogP) is 3.27. The minimum absolute atomic E-state index is 0.283. The number of hydrogen-bond donors (Lipinski definition) is 0. The van der Waals surface area contributed by atoms with Gasteiger partial charge in [0.2, 0.25) is 0 Å². The third-order valence-corrected chi connectivity index (χ3v) is 2.83. The van der Waals surface area contributed by atoms with Crippen LogP contribution >= 0.6 is 0 Å². The molecule has 0 fully saturated rings. The standard InChI is InChI=1S/C14H14N2/c1-10-4-3-5-12(8-10)13-6-7-14(16-15)11(2)9-13/h3-9,13H,1-2H3. The number of rotatable bonds is 1. The van der Waals surface area contributed by atoms with E-state index in [2.05, 4.69) is 48.1 Å². The summed E-state index contributed by atoms with van der Waals surface area (Å²) in [5.41, 5.74) is 12.9. The van der Waals surface area contributed by atoms with Gasteiger partial charge in [-0.2, -0.15) is 4.79 Å². The smallest absolute Gasteiger partial charge is 0.317 e. The van der Waals surface area contributed by atoms with E-state index in [0.29, 0.717) is 5.71 Å². The van der Waals surface area contributed by atoms with E-state index in [1.807, 2.05) is 13.0 Å². The van der Waals surface area contributed by atoms with Crippen LogP contribution in [0.5, 0.6) is 0 Å². The molecular weight excluding hydrogens is 196 g/mol. The second-order valence-electron chi connectivity index (χ2n) is 4.13. The molecule has 1 atom stereocenters. The summed E-state index contributed by atoms with van der Waals surface area (Å²) >= 11 is 0. The van der Waals surface area contributed by atoms with E-state index < -0.39 is 0 Å². The molecule has 1 aliphatic carbocycles. The lowest BCUT2D eigenvalue weighted by molar-refractivity contribution is -0.00264. The molecule has 1 unspecified atom stereocenters. The number of nitrogens with zero attached hydrogens (tertiary/aromatic N) is 2. The minimum atomic E-state index is 0.283.